The minimum Gasteiger partial charge on any atom is -0.399 e. The van der Waals surface area contributed by atoms with Gasteiger partial charge in [0, 0.05) is 42.1 Å². The lowest BCUT2D eigenvalue weighted by Crippen LogP contribution is -2.17. The molecule has 0 spiro atoms. The molecular weight excluding hydrogens is 265 g/mol. The fourth-order valence-electron chi connectivity index (χ4n) is 2.45. The van der Waals surface area contributed by atoms with Crippen LogP contribution < -0.4 is 10.6 Å². The Bertz CT molecular complexity index is 786. The molecule has 0 unspecified atom stereocenters. The number of halogens is 1. The summed E-state index contributed by atoms with van der Waals surface area (Å²) in [5.74, 6) is -0.188. The molecule has 0 saturated carbocycles. The van der Waals surface area contributed by atoms with E-state index >= 15 is 0 Å². The SMILES string of the molecule is CN(Cc1ccccc1F)c1ccnc2cc(N)ccc12. The highest BCUT2D eigenvalue weighted by atomic mass is 19.1. The van der Waals surface area contributed by atoms with E-state index in [2.05, 4.69) is 4.98 Å². The molecule has 0 aliphatic carbocycles. The van der Waals surface area contributed by atoms with E-state index in [-0.39, 0.29) is 5.82 Å². The lowest BCUT2D eigenvalue weighted by Gasteiger charge is -2.21. The van der Waals surface area contributed by atoms with Gasteiger partial charge in [0.05, 0.1) is 5.52 Å². The molecule has 3 aromatic rings. The molecule has 0 fully saturated rings. The third kappa shape index (κ3) is 2.65. The van der Waals surface area contributed by atoms with Gasteiger partial charge in [-0.15, -0.1) is 0 Å². The van der Waals surface area contributed by atoms with E-state index in [9.17, 15) is 4.39 Å². The van der Waals surface area contributed by atoms with Crippen molar-refractivity contribution in [2.75, 3.05) is 17.7 Å². The number of anilines is 2. The summed E-state index contributed by atoms with van der Waals surface area (Å²) >= 11 is 0. The second kappa shape index (κ2) is 5.40. The zero-order chi connectivity index (χ0) is 14.8. The maximum absolute atomic E-state index is 13.8. The van der Waals surface area contributed by atoms with Crippen LogP contribution in [0.3, 0.4) is 0 Å². The Kier molecular flexibility index (Phi) is 3.44. The first-order chi connectivity index (χ1) is 10.1. The first-order valence-corrected chi connectivity index (χ1v) is 6.74. The Labute approximate surface area is 122 Å². The molecule has 0 saturated heterocycles. The first kappa shape index (κ1) is 13.4. The molecular formula is C17H16FN3. The predicted molar refractivity (Wildman–Crippen MR) is 84.7 cm³/mol. The summed E-state index contributed by atoms with van der Waals surface area (Å²) in [5.41, 5.74) is 8.99. The van der Waals surface area contributed by atoms with Gasteiger partial charge in [0.2, 0.25) is 0 Å². The van der Waals surface area contributed by atoms with Crippen LogP contribution in [0.25, 0.3) is 10.9 Å². The van der Waals surface area contributed by atoms with Crippen LogP contribution in [0.5, 0.6) is 0 Å². The number of nitrogen functional groups attached to an aromatic ring is 1. The molecule has 3 nitrogen and oxygen atoms in total. The van der Waals surface area contributed by atoms with E-state index in [1.165, 1.54) is 6.07 Å². The van der Waals surface area contributed by atoms with Crippen molar-refractivity contribution in [1.29, 1.82) is 0 Å². The lowest BCUT2D eigenvalue weighted by atomic mass is 10.1. The van der Waals surface area contributed by atoms with Gasteiger partial charge in [-0.2, -0.15) is 0 Å². The quantitative estimate of drug-likeness (QED) is 0.746. The minimum absolute atomic E-state index is 0.188. The normalized spacial score (nSPS) is 10.8. The van der Waals surface area contributed by atoms with Crippen LogP contribution in [0.15, 0.2) is 54.7 Å². The van der Waals surface area contributed by atoms with Crippen LogP contribution in [0.1, 0.15) is 5.56 Å². The maximum Gasteiger partial charge on any atom is 0.128 e. The van der Waals surface area contributed by atoms with Crippen LogP contribution in [-0.2, 0) is 6.54 Å². The Morgan fingerprint density at radius 2 is 1.95 bits per heavy atom. The lowest BCUT2D eigenvalue weighted by molar-refractivity contribution is 0.608. The highest BCUT2D eigenvalue weighted by Gasteiger charge is 2.09. The number of rotatable bonds is 3. The maximum atomic E-state index is 13.8. The molecule has 0 radical (unpaired) electrons. The van der Waals surface area contributed by atoms with Gasteiger partial charge in [-0.3, -0.25) is 4.98 Å². The highest BCUT2D eigenvalue weighted by molar-refractivity contribution is 5.93. The number of fused-ring (bicyclic) bond motifs is 1. The van der Waals surface area contributed by atoms with Crippen molar-refractivity contribution in [3.05, 3.63) is 66.1 Å². The summed E-state index contributed by atoms with van der Waals surface area (Å²) in [4.78, 5) is 6.34. The monoisotopic (exact) mass is 281 g/mol. The average Bonchev–Trinajstić information content (AvgIpc) is 2.48. The summed E-state index contributed by atoms with van der Waals surface area (Å²) in [6, 6.07) is 14.4. The van der Waals surface area contributed by atoms with Crippen molar-refractivity contribution < 1.29 is 4.39 Å². The van der Waals surface area contributed by atoms with Crippen molar-refractivity contribution >= 4 is 22.3 Å². The van der Waals surface area contributed by atoms with Gasteiger partial charge in [-0.05, 0) is 30.3 Å². The van der Waals surface area contributed by atoms with Crippen LogP contribution in [-0.4, -0.2) is 12.0 Å². The van der Waals surface area contributed by atoms with Gasteiger partial charge in [0.25, 0.3) is 0 Å². The van der Waals surface area contributed by atoms with Crippen molar-refractivity contribution in [2.45, 2.75) is 6.54 Å². The molecule has 1 heterocycles. The number of pyridine rings is 1. The number of nitrogens with zero attached hydrogens (tertiary/aromatic N) is 2. The fraction of sp³-hybridized carbons (Fsp3) is 0.118. The predicted octanol–water partition coefficient (Wildman–Crippen LogP) is 3.59. The number of benzene rings is 2. The van der Waals surface area contributed by atoms with E-state index in [0.717, 1.165) is 16.6 Å². The Balaban J connectivity index is 1.98. The molecule has 0 amide bonds. The van der Waals surface area contributed by atoms with Gasteiger partial charge in [0.15, 0.2) is 0 Å². The second-order valence-corrected chi connectivity index (χ2v) is 5.05. The molecule has 4 heteroatoms. The van der Waals surface area contributed by atoms with Crippen molar-refractivity contribution in [3.8, 4) is 0 Å². The number of nitrogens with two attached hydrogens (primary N) is 1. The zero-order valence-corrected chi connectivity index (χ0v) is 11.8. The van der Waals surface area contributed by atoms with Crippen LogP contribution in [0.2, 0.25) is 0 Å². The molecule has 2 N–H and O–H groups in total. The smallest absolute Gasteiger partial charge is 0.128 e. The first-order valence-electron chi connectivity index (χ1n) is 6.74. The van der Waals surface area contributed by atoms with Gasteiger partial charge in [0.1, 0.15) is 5.82 Å². The molecule has 106 valence electrons. The summed E-state index contributed by atoms with van der Waals surface area (Å²) in [6.45, 7) is 0.496. The average molecular weight is 281 g/mol. The number of hydrogen-bond acceptors (Lipinski definition) is 3. The van der Waals surface area contributed by atoms with Crippen LogP contribution >= 0.6 is 0 Å². The highest BCUT2D eigenvalue weighted by Crippen LogP contribution is 2.27. The van der Waals surface area contributed by atoms with E-state index in [1.807, 2.05) is 42.3 Å². The molecule has 0 bridgehead atoms. The number of hydrogen-bond donors (Lipinski definition) is 1. The Morgan fingerprint density at radius 3 is 2.76 bits per heavy atom. The van der Waals surface area contributed by atoms with Gasteiger partial charge >= 0.3 is 0 Å². The van der Waals surface area contributed by atoms with Gasteiger partial charge < -0.3 is 10.6 Å². The summed E-state index contributed by atoms with van der Waals surface area (Å²) in [5, 5.41) is 1.01. The zero-order valence-electron chi connectivity index (χ0n) is 11.8. The Morgan fingerprint density at radius 1 is 1.14 bits per heavy atom. The van der Waals surface area contributed by atoms with E-state index in [1.54, 1.807) is 18.3 Å². The molecule has 21 heavy (non-hydrogen) atoms. The molecule has 1 aromatic heterocycles. The molecule has 0 aliphatic heterocycles. The summed E-state index contributed by atoms with van der Waals surface area (Å²) in [6.07, 6.45) is 1.74. The largest absolute Gasteiger partial charge is 0.399 e. The molecule has 2 aromatic carbocycles. The topological polar surface area (TPSA) is 42.2 Å². The van der Waals surface area contributed by atoms with E-state index in [4.69, 9.17) is 5.73 Å². The van der Waals surface area contributed by atoms with Crippen LogP contribution in [0.4, 0.5) is 15.8 Å². The molecule has 3 rings (SSSR count). The summed E-state index contributed by atoms with van der Waals surface area (Å²) in [7, 11) is 1.94. The van der Waals surface area contributed by atoms with E-state index in [0.29, 0.717) is 17.8 Å². The van der Waals surface area contributed by atoms with Crippen LogP contribution in [0, 0.1) is 5.82 Å². The third-order valence-electron chi connectivity index (χ3n) is 3.52. The van der Waals surface area contributed by atoms with E-state index < -0.39 is 0 Å². The third-order valence-corrected chi connectivity index (χ3v) is 3.52. The molecule has 0 atom stereocenters. The Hall–Kier alpha value is -2.62. The number of aromatic nitrogens is 1. The standard InChI is InChI=1S/C17H16FN3/c1-21(11-12-4-2-3-5-15(12)18)17-8-9-20-16-10-13(19)6-7-14(16)17/h2-10H,11,19H2,1H3. The van der Waals surface area contributed by atoms with Gasteiger partial charge in [-0.25, -0.2) is 4.39 Å². The van der Waals surface area contributed by atoms with Crippen molar-refractivity contribution in [2.24, 2.45) is 0 Å². The van der Waals surface area contributed by atoms with Gasteiger partial charge in [-0.1, -0.05) is 18.2 Å². The fourth-order valence-corrected chi connectivity index (χ4v) is 2.45. The summed E-state index contributed by atoms with van der Waals surface area (Å²) < 4.78 is 13.8. The van der Waals surface area contributed by atoms with Crippen molar-refractivity contribution in [1.82, 2.24) is 4.98 Å². The second-order valence-electron chi connectivity index (χ2n) is 5.05. The molecule has 0 aliphatic rings. The van der Waals surface area contributed by atoms with Crippen molar-refractivity contribution in [3.63, 3.8) is 0 Å². The minimum atomic E-state index is -0.188.